The van der Waals surface area contributed by atoms with Crippen LogP contribution < -0.4 is 10.6 Å². The fourth-order valence-electron chi connectivity index (χ4n) is 1.51. The van der Waals surface area contributed by atoms with Gasteiger partial charge in [0.25, 0.3) is 0 Å². The summed E-state index contributed by atoms with van der Waals surface area (Å²) in [5.41, 5.74) is 2.40. The number of hydrogen-bond acceptors (Lipinski definition) is 2. The van der Waals surface area contributed by atoms with Crippen LogP contribution in [-0.2, 0) is 4.79 Å². The lowest BCUT2D eigenvalue weighted by Crippen LogP contribution is -2.30. The summed E-state index contributed by atoms with van der Waals surface area (Å²) in [6, 6.07) is 3.19. The van der Waals surface area contributed by atoms with Gasteiger partial charge in [0.15, 0.2) is 0 Å². The van der Waals surface area contributed by atoms with Crippen LogP contribution in [0.5, 0.6) is 0 Å². The van der Waals surface area contributed by atoms with Crippen LogP contribution in [0.3, 0.4) is 0 Å². The molecule has 0 aliphatic carbocycles. The van der Waals surface area contributed by atoms with Crippen molar-refractivity contribution < 1.29 is 14.7 Å². The number of aryl methyl sites for hydroxylation is 2. The molecule has 0 aromatic heterocycles. The molecule has 1 aromatic carbocycles. The quantitative estimate of drug-likeness (QED) is 0.787. The van der Waals surface area contributed by atoms with Crippen LogP contribution in [0.2, 0.25) is 5.02 Å². The number of hydrogen-bond donors (Lipinski definition) is 3. The molecule has 3 N–H and O–H groups in total. The summed E-state index contributed by atoms with van der Waals surface area (Å²) in [5.74, 6) is -0.958. The molecule has 0 saturated carbocycles. The average molecular weight is 271 g/mol. The lowest BCUT2D eigenvalue weighted by molar-refractivity contribution is -0.136. The SMILES string of the molecule is Cc1cc(C)c(NC(=O)NCCC(=O)O)c(Cl)c1. The van der Waals surface area contributed by atoms with E-state index in [1.54, 1.807) is 6.07 Å². The molecule has 0 spiro atoms. The third-order valence-electron chi connectivity index (χ3n) is 2.29. The highest BCUT2D eigenvalue weighted by Gasteiger charge is 2.09. The van der Waals surface area contributed by atoms with Gasteiger partial charge in [0, 0.05) is 6.54 Å². The van der Waals surface area contributed by atoms with Gasteiger partial charge >= 0.3 is 12.0 Å². The fraction of sp³-hybridized carbons (Fsp3) is 0.333. The molecule has 5 nitrogen and oxygen atoms in total. The van der Waals surface area contributed by atoms with Gasteiger partial charge in [-0.15, -0.1) is 0 Å². The lowest BCUT2D eigenvalue weighted by Gasteiger charge is -2.12. The summed E-state index contributed by atoms with van der Waals surface area (Å²) < 4.78 is 0. The summed E-state index contributed by atoms with van der Waals surface area (Å²) in [7, 11) is 0. The first-order chi connectivity index (χ1) is 8.40. The Kier molecular flexibility index (Phi) is 4.97. The molecule has 0 heterocycles. The first-order valence-electron chi connectivity index (χ1n) is 5.43. The molecule has 0 aliphatic heterocycles. The fourth-order valence-corrected chi connectivity index (χ4v) is 1.88. The largest absolute Gasteiger partial charge is 0.481 e. The van der Waals surface area contributed by atoms with E-state index in [9.17, 15) is 9.59 Å². The molecule has 0 radical (unpaired) electrons. The zero-order chi connectivity index (χ0) is 13.7. The van der Waals surface area contributed by atoms with Gasteiger partial charge < -0.3 is 15.7 Å². The molecule has 98 valence electrons. The van der Waals surface area contributed by atoms with Gasteiger partial charge in [-0.25, -0.2) is 4.79 Å². The maximum absolute atomic E-state index is 11.5. The second-order valence-corrected chi connectivity index (χ2v) is 4.37. The van der Waals surface area contributed by atoms with E-state index >= 15 is 0 Å². The monoisotopic (exact) mass is 270 g/mol. The van der Waals surface area contributed by atoms with Crippen LogP contribution in [0.1, 0.15) is 17.5 Å². The van der Waals surface area contributed by atoms with Crippen molar-refractivity contribution in [3.8, 4) is 0 Å². The number of anilines is 1. The Morgan fingerprint density at radius 3 is 2.56 bits per heavy atom. The smallest absolute Gasteiger partial charge is 0.319 e. The summed E-state index contributed by atoms with van der Waals surface area (Å²) in [5, 5.41) is 13.9. The Balaban J connectivity index is 2.62. The first kappa shape index (κ1) is 14.3. The number of carboxylic acids is 1. The minimum Gasteiger partial charge on any atom is -0.481 e. The predicted octanol–water partition coefficient (Wildman–Crippen LogP) is 2.55. The molecular weight excluding hydrogens is 256 g/mol. The molecule has 0 atom stereocenters. The van der Waals surface area contributed by atoms with Crippen LogP contribution in [0.15, 0.2) is 12.1 Å². The number of amides is 2. The molecule has 0 fully saturated rings. The van der Waals surface area contributed by atoms with Gasteiger partial charge in [-0.2, -0.15) is 0 Å². The summed E-state index contributed by atoms with van der Waals surface area (Å²) in [4.78, 5) is 21.8. The normalized spacial score (nSPS) is 9.94. The maximum Gasteiger partial charge on any atom is 0.319 e. The van der Waals surface area contributed by atoms with E-state index in [4.69, 9.17) is 16.7 Å². The molecular formula is C12H15ClN2O3. The van der Waals surface area contributed by atoms with Crippen LogP contribution in [0, 0.1) is 13.8 Å². The van der Waals surface area contributed by atoms with E-state index in [0.717, 1.165) is 11.1 Å². The average Bonchev–Trinajstić information content (AvgIpc) is 2.22. The lowest BCUT2D eigenvalue weighted by atomic mass is 10.1. The van der Waals surface area contributed by atoms with Crippen molar-refractivity contribution in [2.24, 2.45) is 0 Å². The van der Waals surface area contributed by atoms with Gasteiger partial charge in [-0.05, 0) is 31.0 Å². The Morgan fingerprint density at radius 2 is 2.00 bits per heavy atom. The number of aliphatic carboxylic acids is 1. The molecule has 0 bridgehead atoms. The van der Waals surface area contributed by atoms with Crippen molar-refractivity contribution in [1.82, 2.24) is 5.32 Å². The van der Waals surface area contributed by atoms with Gasteiger partial charge in [-0.1, -0.05) is 17.7 Å². The van der Waals surface area contributed by atoms with Crippen LogP contribution in [0.25, 0.3) is 0 Å². The van der Waals surface area contributed by atoms with Crippen molar-refractivity contribution in [3.05, 3.63) is 28.3 Å². The Morgan fingerprint density at radius 1 is 1.33 bits per heavy atom. The van der Waals surface area contributed by atoms with Crippen LogP contribution in [-0.4, -0.2) is 23.7 Å². The van der Waals surface area contributed by atoms with E-state index in [0.29, 0.717) is 10.7 Å². The Hall–Kier alpha value is -1.75. The Labute approximate surface area is 110 Å². The standard InChI is InChI=1S/C12H15ClN2O3/c1-7-5-8(2)11(9(13)6-7)15-12(18)14-4-3-10(16)17/h5-6H,3-4H2,1-2H3,(H,16,17)(H2,14,15,18). The third-order valence-corrected chi connectivity index (χ3v) is 2.59. The van der Waals surface area contributed by atoms with Crippen molar-refractivity contribution in [2.45, 2.75) is 20.3 Å². The van der Waals surface area contributed by atoms with Gasteiger partial charge in [0.05, 0.1) is 17.1 Å². The highest BCUT2D eigenvalue weighted by molar-refractivity contribution is 6.34. The highest BCUT2D eigenvalue weighted by atomic mass is 35.5. The molecule has 0 unspecified atom stereocenters. The second kappa shape index (κ2) is 6.26. The number of carbonyl (C=O) groups excluding carboxylic acids is 1. The van der Waals surface area contributed by atoms with E-state index in [1.165, 1.54) is 0 Å². The number of carboxylic acid groups (broad SMARTS) is 1. The zero-order valence-electron chi connectivity index (χ0n) is 10.2. The first-order valence-corrected chi connectivity index (χ1v) is 5.81. The second-order valence-electron chi connectivity index (χ2n) is 3.96. The number of benzene rings is 1. The van der Waals surface area contributed by atoms with Crippen molar-refractivity contribution >= 4 is 29.3 Å². The molecule has 0 saturated heterocycles. The minimum atomic E-state index is -0.958. The highest BCUT2D eigenvalue weighted by Crippen LogP contribution is 2.27. The number of halogens is 1. The number of carbonyl (C=O) groups is 2. The molecule has 0 aliphatic rings. The van der Waals surface area contributed by atoms with Gasteiger partial charge in [0.1, 0.15) is 0 Å². The van der Waals surface area contributed by atoms with Crippen LogP contribution in [0.4, 0.5) is 10.5 Å². The summed E-state index contributed by atoms with van der Waals surface area (Å²) >= 11 is 6.03. The summed E-state index contributed by atoms with van der Waals surface area (Å²) in [6.45, 7) is 3.82. The van der Waals surface area contributed by atoms with Crippen molar-refractivity contribution in [3.63, 3.8) is 0 Å². The maximum atomic E-state index is 11.5. The number of rotatable bonds is 4. The molecule has 2 amide bonds. The van der Waals surface area contributed by atoms with Crippen LogP contribution >= 0.6 is 11.6 Å². The third kappa shape index (κ3) is 4.25. The number of nitrogens with one attached hydrogen (secondary N) is 2. The van der Waals surface area contributed by atoms with E-state index < -0.39 is 12.0 Å². The van der Waals surface area contributed by atoms with E-state index in [-0.39, 0.29) is 13.0 Å². The molecule has 18 heavy (non-hydrogen) atoms. The number of urea groups is 1. The zero-order valence-corrected chi connectivity index (χ0v) is 11.0. The molecule has 1 rings (SSSR count). The Bertz CT molecular complexity index is 451. The molecule has 6 heteroatoms. The van der Waals surface area contributed by atoms with Crippen molar-refractivity contribution in [2.75, 3.05) is 11.9 Å². The molecule has 1 aromatic rings. The van der Waals surface area contributed by atoms with Gasteiger partial charge in [0.2, 0.25) is 0 Å². The minimum absolute atomic E-state index is 0.0731. The van der Waals surface area contributed by atoms with Gasteiger partial charge in [-0.3, -0.25) is 4.79 Å². The predicted molar refractivity (Wildman–Crippen MR) is 70.2 cm³/mol. The van der Waals surface area contributed by atoms with E-state index in [2.05, 4.69) is 10.6 Å². The topological polar surface area (TPSA) is 78.4 Å². The van der Waals surface area contributed by atoms with E-state index in [1.807, 2.05) is 19.9 Å². The van der Waals surface area contributed by atoms with Crippen molar-refractivity contribution in [1.29, 1.82) is 0 Å². The summed E-state index contributed by atoms with van der Waals surface area (Å²) in [6.07, 6.45) is -0.117.